The lowest BCUT2D eigenvalue weighted by Gasteiger charge is -2.26. The van der Waals surface area contributed by atoms with Crippen LogP contribution in [0.3, 0.4) is 0 Å². The van der Waals surface area contributed by atoms with Gasteiger partial charge in [0.05, 0.1) is 25.8 Å². The van der Waals surface area contributed by atoms with E-state index in [1.165, 1.54) is 14.2 Å². The van der Waals surface area contributed by atoms with Crippen LogP contribution in [0.4, 0.5) is 5.69 Å². The number of anilines is 1. The second-order valence-electron chi connectivity index (χ2n) is 7.87. The smallest absolute Gasteiger partial charge is 0.295 e. The second-order valence-corrected chi connectivity index (χ2v) is 7.87. The lowest BCUT2D eigenvalue weighted by atomic mass is 9.94. The lowest BCUT2D eigenvalue weighted by molar-refractivity contribution is -0.139. The Bertz CT molecular complexity index is 1000. The molecular weight excluding hydrogens is 408 g/mol. The average Bonchev–Trinajstić information content (AvgIpc) is 3.06. The predicted molar refractivity (Wildman–Crippen MR) is 124 cm³/mol. The molecule has 1 fully saturated rings. The molecule has 1 aliphatic heterocycles. The van der Waals surface area contributed by atoms with E-state index in [4.69, 9.17) is 9.47 Å². The summed E-state index contributed by atoms with van der Waals surface area (Å²) in [5.41, 5.74) is 2.03. The SMILES string of the molecule is CCCCN1C(=O)C(=O)/C(=C(/O)c2c(OC)cccc2OC)C1c1ccc(N(C)C)cc1. The van der Waals surface area contributed by atoms with Gasteiger partial charge in [0.1, 0.15) is 22.8 Å². The Balaban J connectivity index is 2.23. The highest BCUT2D eigenvalue weighted by atomic mass is 16.5. The normalized spacial score (nSPS) is 17.5. The van der Waals surface area contributed by atoms with Crippen LogP contribution < -0.4 is 14.4 Å². The third-order valence-corrected chi connectivity index (χ3v) is 5.68. The number of benzene rings is 2. The molecule has 170 valence electrons. The molecule has 2 aromatic carbocycles. The number of carbonyl (C=O) groups excluding carboxylic acids is 2. The second kappa shape index (κ2) is 9.77. The summed E-state index contributed by atoms with van der Waals surface area (Å²) in [4.78, 5) is 29.7. The molecule has 32 heavy (non-hydrogen) atoms. The van der Waals surface area contributed by atoms with E-state index in [-0.39, 0.29) is 16.9 Å². The molecule has 0 aromatic heterocycles. The molecule has 0 radical (unpaired) electrons. The van der Waals surface area contributed by atoms with E-state index in [1.807, 2.05) is 50.2 Å². The number of aliphatic hydroxyl groups excluding tert-OH is 1. The van der Waals surface area contributed by atoms with Crippen molar-refractivity contribution in [1.29, 1.82) is 0 Å². The molecule has 0 bridgehead atoms. The quantitative estimate of drug-likeness (QED) is 0.381. The first kappa shape index (κ1) is 23.2. The molecule has 1 unspecified atom stereocenters. The summed E-state index contributed by atoms with van der Waals surface area (Å²) in [6.07, 6.45) is 1.62. The van der Waals surface area contributed by atoms with Gasteiger partial charge in [-0.15, -0.1) is 0 Å². The van der Waals surface area contributed by atoms with Gasteiger partial charge in [0.25, 0.3) is 11.7 Å². The predicted octanol–water partition coefficient (Wildman–Crippen LogP) is 3.99. The summed E-state index contributed by atoms with van der Waals surface area (Å²) in [6.45, 7) is 2.44. The minimum Gasteiger partial charge on any atom is -0.506 e. The average molecular weight is 439 g/mol. The fraction of sp³-hybridized carbons (Fsp3) is 0.360. The molecular formula is C25H30N2O5. The minimum absolute atomic E-state index is 0.0338. The fourth-order valence-corrected chi connectivity index (χ4v) is 3.96. The van der Waals surface area contributed by atoms with Crippen LogP contribution in [-0.2, 0) is 9.59 Å². The number of nitrogens with zero attached hydrogens (tertiary/aromatic N) is 2. The Hall–Kier alpha value is -3.48. The molecule has 2 aromatic rings. The first-order valence-corrected chi connectivity index (χ1v) is 10.6. The van der Waals surface area contributed by atoms with Crippen molar-refractivity contribution in [2.45, 2.75) is 25.8 Å². The Labute approximate surface area is 188 Å². The summed E-state index contributed by atoms with van der Waals surface area (Å²) in [6, 6.07) is 12.0. The third-order valence-electron chi connectivity index (χ3n) is 5.68. The van der Waals surface area contributed by atoms with Crippen molar-refractivity contribution in [2.24, 2.45) is 0 Å². The Morgan fingerprint density at radius 2 is 1.62 bits per heavy atom. The van der Waals surface area contributed by atoms with Crippen LogP contribution >= 0.6 is 0 Å². The van der Waals surface area contributed by atoms with E-state index < -0.39 is 17.7 Å². The standard InChI is InChI=1S/C25H30N2O5/c1-6-7-15-27-22(16-11-13-17(14-12-16)26(2)3)21(24(29)25(27)30)23(28)20-18(31-4)9-8-10-19(20)32-5/h8-14,22,28H,6-7,15H2,1-5H3/b23-21+. The molecule has 1 atom stereocenters. The molecule has 0 saturated carbocycles. The van der Waals surface area contributed by atoms with Crippen LogP contribution in [0.25, 0.3) is 5.76 Å². The summed E-state index contributed by atoms with van der Waals surface area (Å²) in [5, 5.41) is 11.4. The highest BCUT2D eigenvalue weighted by molar-refractivity contribution is 6.46. The van der Waals surface area contributed by atoms with Crippen LogP contribution in [0.15, 0.2) is 48.0 Å². The molecule has 1 heterocycles. The lowest BCUT2D eigenvalue weighted by Crippen LogP contribution is -2.30. The van der Waals surface area contributed by atoms with Crippen molar-refractivity contribution >= 4 is 23.1 Å². The number of hydrogen-bond donors (Lipinski definition) is 1. The van der Waals surface area contributed by atoms with Crippen molar-refractivity contribution < 1.29 is 24.2 Å². The van der Waals surface area contributed by atoms with Crippen molar-refractivity contribution in [3.05, 3.63) is 59.2 Å². The van der Waals surface area contributed by atoms with Crippen LogP contribution in [0, 0.1) is 0 Å². The number of aliphatic hydroxyl groups is 1. The van der Waals surface area contributed by atoms with Crippen molar-refractivity contribution in [3.63, 3.8) is 0 Å². The summed E-state index contributed by atoms with van der Waals surface area (Å²) in [5.74, 6) is -0.936. The van der Waals surface area contributed by atoms with Gasteiger partial charge in [-0.25, -0.2) is 0 Å². The summed E-state index contributed by atoms with van der Waals surface area (Å²) >= 11 is 0. The van der Waals surface area contributed by atoms with Crippen LogP contribution in [-0.4, -0.2) is 56.6 Å². The molecule has 1 N–H and O–H groups in total. The summed E-state index contributed by atoms with van der Waals surface area (Å²) in [7, 11) is 6.83. The zero-order valence-corrected chi connectivity index (χ0v) is 19.2. The van der Waals surface area contributed by atoms with Gasteiger partial charge in [-0.05, 0) is 36.2 Å². The van der Waals surface area contributed by atoms with E-state index in [9.17, 15) is 14.7 Å². The van der Waals surface area contributed by atoms with E-state index >= 15 is 0 Å². The van der Waals surface area contributed by atoms with Gasteiger partial charge < -0.3 is 24.4 Å². The van der Waals surface area contributed by atoms with Gasteiger partial charge in [-0.1, -0.05) is 31.5 Å². The van der Waals surface area contributed by atoms with E-state index in [2.05, 4.69) is 0 Å². The maximum Gasteiger partial charge on any atom is 0.295 e. The fourth-order valence-electron chi connectivity index (χ4n) is 3.96. The van der Waals surface area contributed by atoms with Crippen molar-refractivity contribution in [2.75, 3.05) is 39.8 Å². The molecule has 1 aliphatic rings. The number of rotatable bonds is 8. The van der Waals surface area contributed by atoms with Crippen LogP contribution in [0.1, 0.15) is 36.9 Å². The Kier molecular flexibility index (Phi) is 7.08. The molecule has 7 heteroatoms. The maximum atomic E-state index is 13.2. The summed E-state index contributed by atoms with van der Waals surface area (Å²) < 4.78 is 10.8. The van der Waals surface area contributed by atoms with Crippen molar-refractivity contribution in [3.8, 4) is 11.5 Å². The van der Waals surface area contributed by atoms with Gasteiger partial charge in [-0.3, -0.25) is 9.59 Å². The number of unbranched alkanes of at least 4 members (excludes halogenated alkanes) is 1. The molecule has 1 saturated heterocycles. The zero-order chi connectivity index (χ0) is 23.4. The topological polar surface area (TPSA) is 79.3 Å². The number of methoxy groups -OCH3 is 2. The Morgan fingerprint density at radius 1 is 1.03 bits per heavy atom. The molecule has 1 amide bonds. The molecule has 7 nitrogen and oxygen atoms in total. The zero-order valence-electron chi connectivity index (χ0n) is 19.2. The first-order valence-electron chi connectivity index (χ1n) is 10.6. The minimum atomic E-state index is -0.715. The largest absolute Gasteiger partial charge is 0.506 e. The van der Waals surface area contributed by atoms with Gasteiger partial charge >= 0.3 is 0 Å². The van der Waals surface area contributed by atoms with Gasteiger partial charge in [0.2, 0.25) is 0 Å². The first-order chi connectivity index (χ1) is 15.3. The number of carbonyl (C=O) groups is 2. The number of Topliss-reactive ketones (excluding diaryl/α,β-unsaturated/α-hetero) is 1. The number of ether oxygens (including phenoxy) is 2. The van der Waals surface area contributed by atoms with E-state index in [0.29, 0.717) is 18.0 Å². The maximum absolute atomic E-state index is 13.2. The van der Waals surface area contributed by atoms with E-state index in [0.717, 1.165) is 24.1 Å². The van der Waals surface area contributed by atoms with E-state index in [1.54, 1.807) is 23.1 Å². The Morgan fingerprint density at radius 3 is 2.12 bits per heavy atom. The third kappa shape index (κ3) is 4.15. The van der Waals surface area contributed by atoms with Crippen LogP contribution in [0.5, 0.6) is 11.5 Å². The van der Waals surface area contributed by atoms with Gasteiger partial charge in [0, 0.05) is 26.3 Å². The number of ketones is 1. The highest BCUT2D eigenvalue weighted by Crippen LogP contribution is 2.43. The number of likely N-dealkylation sites (tertiary alicyclic amines) is 1. The highest BCUT2D eigenvalue weighted by Gasteiger charge is 2.46. The number of amides is 1. The monoisotopic (exact) mass is 438 g/mol. The molecule has 0 spiro atoms. The van der Waals surface area contributed by atoms with Crippen molar-refractivity contribution in [1.82, 2.24) is 4.90 Å². The van der Waals surface area contributed by atoms with Crippen LogP contribution in [0.2, 0.25) is 0 Å². The number of hydrogen-bond acceptors (Lipinski definition) is 6. The molecule has 3 rings (SSSR count). The van der Waals surface area contributed by atoms with Gasteiger partial charge in [0.15, 0.2) is 0 Å². The van der Waals surface area contributed by atoms with Gasteiger partial charge in [-0.2, -0.15) is 0 Å². The molecule has 0 aliphatic carbocycles.